The van der Waals surface area contributed by atoms with E-state index in [0.29, 0.717) is 18.0 Å². The largest absolute Gasteiger partial charge is 0.490 e. The van der Waals surface area contributed by atoms with Crippen LogP contribution in [0.2, 0.25) is 0 Å². The van der Waals surface area contributed by atoms with Crippen molar-refractivity contribution in [2.45, 2.75) is 13.3 Å². The summed E-state index contributed by atoms with van der Waals surface area (Å²) < 4.78 is 32.5. The minimum atomic E-state index is -0.502. The van der Waals surface area contributed by atoms with Crippen LogP contribution in [0.4, 0.5) is 25.8 Å². The lowest BCUT2D eigenvalue weighted by molar-refractivity contribution is 0.301. The van der Waals surface area contributed by atoms with Gasteiger partial charge in [-0.15, -0.1) is 0 Å². The Bertz CT molecular complexity index is 632. The Hall–Kier alpha value is -2.30. The summed E-state index contributed by atoms with van der Waals surface area (Å²) >= 11 is 0. The van der Waals surface area contributed by atoms with Crippen LogP contribution in [0.15, 0.2) is 36.4 Å². The zero-order valence-electron chi connectivity index (χ0n) is 12.1. The van der Waals surface area contributed by atoms with Gasteiger partial charge >= 0.3 is 0 Å². The summed E-state index contributed by atoms with van der Waals surface area (Å²) in [5.41, 5.74) is 7.31. The number of anilines is 3. The topological polar surface area (TPSA) is 38.5 Å². The van der Waals surface area contributed by atoms with E-state index in [1.807, 2.05) is 6.92 Å². The molecule has 112 valence electrons. The molecule has 3 nitrogen and oxygen atoms in total. The highest BCUT2D eigenvalue weighted by Gasteiger charge is 2.14. The zero-order chi connectivity index (χ0) is 15.4. The van der Waals surface area contributed by atoms with E-state index in [1.54, 1.807) is 24.1 Å². The van der Waals surface area contributed by atoms with Crippen molar-refractivity contribution in [1.29, 1.82) is 0 Å². The van der Waals surface area contributed by atoms with Crippen molar-refractivity contribution < 1.29 is 13.5 Å². The molecule has 0 radical (unpaired) electrons. The second-order valence-corrected chi connectivity index (χ2v) is 4.73. The summed E-state index contributed by atoms with van der Waals surface area (Å²) in [6.07, 6.45) is 0.777. The van der Waals surface area contributed by atoms with E-state index in [0.717, 1.165) is 6.42 Å². The van der Waals surface area contributed by atoms with E-state index in [4.69, 9.17) is 10.5 Å². The Balaban J connectivity index is 2.38. The summed E-state index contributed by atoms with van der Waals surface area (Å²) in [7, 11) is 1.74. The van der Waals surface area contributed by atoms with E-state index >= 15 is 0 Å². The van der Waals surface area contributed by atoms with Gasteiger partial charge < -0.3 is 15.4 Å². The van der Waals surface area contributed by atoms with Crippen LogP contribution in [-0.2, 0) is 0 Å². The van der Waals surface area contributed by atoms with Crippen molar-refractivity contribution in [3.05, 3.63) is 48.0 Å². The lowest BCUT2D eigenvalue weighted by Gasteiger charge is -2.22. The standard InChI is InChI=1S/C16H18F2N2O/c1-3-7-21-16-10-15(14(19)9-13(16)18)20(2)12-6-4-5-11(17)8-12/h4-6,8-10H,3,7,19H2,1-2H3. The molecule has 0 aliphatic rings. The molecular formula is C16H18F2N2O. The van der Waals surface area contributed by atoms with Crippen molar-refractivity contribution >= 4 is 17.1 Å². The monoisotopic (exact) mass is 292 g/mol. The fourth-order valence-corrected chi connectivity index (χ4v) is 1.99. The van der Waals surface area contributed by atoms with Crippen LogP contribution >= 0.6 is 0 Å². The molecule has 2 N–H and O–H groups in total. The molecule has 21 heavy (non-hydrogen) atoms. The van der Waals surface area contributed by atoms with Crippen molar-refractivity contribution in [3.63, 3.8) is 0 Å². The van der Waals surface area contributed by atoms with Crippen molar-refractivity contribution in [2.24, 2.45) is 0 Å². The smallest absolute Gasteiger partial charge is 0.167 e. The Morgan fingerprint density at radius 1 is 1.19 bits per heavy atom. The summed E-state index contributed by atoms with van der Waals surface area (Å²) in [5.74, 6) is -0.705. The first-order valence-corrected chi connectivity index (χ1v) is 6.74. The Morgan fingerprint density at radius 3 is 2.62 bits per heavy atom. The van der Waals surface area contributed by atoms with Gasteiger partial charge in [-0.1, -0.05) is 13.0 Å². The van der Waals surface area contributed by atoms with Crippen molar-refractivity contribution in [1.82, 2.24) is 0 Å². The summed E-state index contributed by atoms with van der Waals surface area (Å²) in [6, 6.07) is 8.85. The SMILES string of the molecule is CCCOc1cc(N(C)c2cccc(F)c2)c(N)cc1F. The van der Waals surface area contributed by atoms with Gasteiger partial charge in [0.25, 0.3) is 0 Å². The molecule has 0 spiro atoms. The highest BCUT2D eigenvalue weighted by molar-refractivity contribution is 5.76. The number of nitrogens with zero attached hydrogens (tertiary/aromatic N) is 1. The third-order valence-electron chi connectivity index (χ3n) is 3.10. The van der Waals surface area contributed by atoms with Crippen molar-refractivity contribution in [3.8, 4) is 5.75 Å². The van der Waals surface area contributed by atoms with E-state index in [9.17, 15) is 8.78 Å². The Kier molecular flexibility index (Phi) is 4.62. The number of hydrogen-bond donors (Lipinski definition) is 1. The van der Waals surface area contributed by atoms with Crippen LogP contribution in [0.25, 0.3) is 0 Å². The number of nitrogen functional groups attached to an aromatic ring is 1. The molecule has 0 saturated carbocycles. The third kappa shape index (κ3) is 3.42. The zero-order valence-corrected chi connectivity index (χ0v) is 12.1. The molecule has 0 atom stereocenters. The van der Waals surface area contributed by atoms with Gasteiger partial charge in [0.15, 0.2) is 11.6 Å². The molecule has 0 aliphatic heterocycles. The Labute approximate surface area is 122 Å². The van der Waals surface area contributed by atoms with E-state index < -0.39 is 5.82 Å². The molecule has 0 aliphatic carbocycles. The number of nitrogens with two attached hydrogens (primary N) is 1. The molecule has 0 aromatic heterocycles. The molecule has 0 amide bonds. The maximum Gasteiger partial charge on any atom is 0.167 e. The van der Waals surface area contributed by atoms with E-state index in [2.05, 4.69) is 0 Å². The first-order valence-electron chi connectivity index (χ1n) is 6.74. The molecule has 0 unspecified atom stereocenters. The highest BCUT2D eigenvalue weighted by Crippen LogP contribution is 2.34. The molecule has 5 heteroatoms. The minimum absolute atomic E-state index is 0.143. The molecule has 0 bridgehead atoms. The van der Waals surface area contributed by atoms with Gasteiger partial charge in [0.05, 0.1) is 18.0 Å². The lowest BCUT2D eigenvalue weighted by atomic mass is 10.2. The lowest BCUT2D eigenvalue weighted by Crippen LogP contribution is -2.12. The average Bonchev–Trinajstić information content (AvgIpc) is 2.46. The molecule has 0 heterocycles. The number of halogens is 2. The molecule has 0 fully saturated rings. The van der Waals surface area contributed by atoms with Gasteiger partial charge in [0.1, 0.15) is 5.82 Å². The summed E-state index contributed by atoms with van der Waals surface area (Å²) in [4.78, 5) is 1.69. The van der Waals surface area contributed by atoms with Crippen molar-refractivity contribution in [2.75, 3.05) is 24.3 Å². The minimum Gasteiger partial charge on any atom is -0.490 e. The Morgan fingerprint density at radius 2 is 1.95 bits per heavy atom. The van der Waals surface area contributed by atoms with Crippen LogP contribution in [0.3, 0.4) is 0 Å². The number of ether oxygens (including phenoxy) is 1. The van der Waals surface area contributed by atoms with Gasteiger partial charge in [0, 0.05) is 24.9 Å². The van der Waals surface area contributed by atoms with Gasteiger partial charge in [0.2, 0.25) is 0 Å². The number of hydrogen-bond acceptors (Lipinski definition) is 3. The van der Waals surface area contributed by atoms with E-state index in [1.165, 1.54) is 24.3 Å². The third-order valence-corrected chi connectivity index (χ3v) is 3.10. The second-order valence-electron chi connectivity index (χ2n) is 4.73. The summed E-state index contributed by atoms with van der Waals surface area (Å²) in [5, 5.41) is 0. The molecule has 2 rings (SSSR count). The maximum absolute atomic E-state index is 13.8. The van der Waals surface area contributed by atoms with E-state index in [-0.39, 0.29) is 17.3 Å². The predicted octanol–water partition coefficient (Wildman–Crippen LogP) is 4.10. The second kappa shape index (κ2) is 6.43. The quantitative estimate of drug-likeness (QED) is 0.843. The first kappa shape index (κ1) is 15.1. The fraction of sp³-hybridized carbons (Fsp3) is 0.250. The fourth-order valence-electron chi connectivity index (χ4n) is 1.99. The normalized spacial score (nSPS) is 10.5. The number of rotatable bonds is 5. The van der Waals surface area contributed by atoms with Gasteiger partial charge in [-0.2, -0.15) is 0 Å². The van der Waals surface area contributed by atoms with Crippen LogP contribution in [0.1, 0.15) is 13.3 Å². The van der Waals surface area contributed by atoms with Crippen LogP contribution in [0.5, 0.6) is 5.75 Å². The van der Waals surface area contributed by atoms with Gasteiger partial charge in [-0.25, -0.2) is 8.78 Å². The van der Waals surface area contributed by atoms with Crippen LogP contribution in [0, 0.1) is 11.6 Å². The molecule has 0 saturated heterocycles. The maximum atomic E-state index is 13.8. The number of benzene rings is 2. The summed E-state index contributed by atoms with van der Waals surface area (Å²) in [6.45, 7) is 2.36. The highest BCUT2D eigenvalue weighted by atomic mass is 19.1. The molecule has 2 aromatic rings. The predicted molar refractivity (Wildman–Crippen MR) is 81.1 cm³/mol. The van der Waals surface area contributed by atoms with Crippen LogP contribution in [-0.4, -0.2) is 13.7 Å². The average molecular weight is 292 g/mol. The molecule has 2 aromatic carbocycles. The van der Waals surface area contributed by atoms with Crippen LogP contribution < -0.4 is 15.4 Å². The van der Waals surface area contributed by atoms with Gasteiger partial charge in [-0.3, -0.25) is 0 Å². The van der Waals surface area contributed by atoms with Gasteiger partial charge in [-0.05, 0) is 24.6 Å². The molecular weight excluding hydrogens is 274 g/mol. The first-order chi connectivity index (χ1) is 10.0.